The van der Waals surface area contributed by atoms with Crippen LogP contribution in [0.4, 0.5) is 0 Å². The van der Waals surface area contributed by atoms with Gasteiger partial charge in [0.15, 0.2) is 5.96 Å². The number of hydrogen-bond acceptors (Lipinski definition) is 4. The largest absolute Gasteiger partial charge is 0.370 e. The van der Waals surface area contributed by atoms with Crippen LogP contribution in [0.1, 0.15) is 0 Å². The molecule has 0 heterocycles. The minimum absolute atomic E-state index is 0.597. The SMILES string of the molecule is NC(=O)CN(CP(=O)(O)O)C(N)=NCP(=O)(O)O. The summed E-state index contributed by atoms with van der Waals surface area (Å²) in [4.78, 5) is 49.1. The van der Waals surface area contributed by atoms with Crippen molar-refractivity contribution in [3.63, 3.8) is 0 Å². The van der Waals surface area contributed by atoms with E-state index in [0.29, 0.717) is 4.90 Å². The number of aliphatic imine (C=N–C) groups is 1. The Kier molecular flexibility index (Phi) is 5.94. The first-order valence-corrected chi connectivity index (χ1v) is 7.92. The third kappa shape index (κ3) is 9.11. The molecule has 0 aromatic heterocycles. The molecule has 0 spiro atoms. The highest BCUT2D eigenvalue weighted by Crippen LogP contribution is 2.36. The minimum Gasteiger partial charge on any atom is -0.370 e. The maximum absolute atomic E-state index is 10.8. The van der Waals surface area contributed by atoms with Crippen molar-refractivity contribution >= 4 is 27.1 Å². The van der Waals surface area contributed by atoms with Gasteiger partial charge in [0, 0.05) is 0 Å². The molecule has 0 atom stereocenters. The fourth-order valence-electron chi connectivity index (χ4n) is 0.878. The van der Waals surface area contributed by atoms with Gasteiger partial charge in [0.2, 0.25) is 5.91 Å². The first-order chi connectivity index (χ1) is 7.91. The third-order valence-electron chi connectivity index (χ3n) is 1.44. The van der Waals surface area contributed by atoms with Crippen LogP contribution in [-0.4, -0.2) is 55.5 Å². The number of hydrogen-bond donors (Lipinski definition) is 6. The predicted octanol–water partition coefficient (Wildman–Crippen LogP) is -2.64. The summed E-state index contributed by atoms with van der Waals surface area (Å²) in [6.07, 6.45) is -1.90. The van der Waals surface area contributed by atoms with E-state index in [-0.39, 0.29) is 0 Å². The molecule has 0 fully saturated rings. The van der Waals surface area contributed by atoms with Crippen LogP contribution < -0.4 is 11.5 Å². The van der Waals surface area contributed by atoms with Crippen LogP contribution in [0.5, 0.6) is 0 Å². The molecule has 0 aliphatic rings. The molecule has 0 aromatic rings. The lowest BCUT2D eigenvalue weighted by Crippen LogP contribution is -2.43. The molecule has 8 N–H and O–H groups in total. The van der Waals surface area contributed by atoms with Gasteiger partial charge in [-0.25, -0.2) is 4.99 Å². The van der Waals surface area contributed by atoms with Gasteiger partial charge in [0.1, 0.15) is 19.1 Å². The molecule has 0 aliphatic heterocycles. The van der Waals surface area contributed by atoms with Gasteiger partial charge >= 0.3 is 15.2 Å². The van der Waals surface area contributed by atoms with Gasteiger partial charge in [0.25, 0.3) is 0 Å². The summed E-state index contributed by atoms with van der Waals surface area (Å²) in [7, 11) is -8.98. The van der Waals surface area contributed by atoms with Gasteiger partial charge in [0.05, 0.1) is 0 Å². The number of carbonyl (C=O) groups excluding carboxylic acids is 1. The van der Waals surface area contributed by atoms with Gasteiger partial charge in [-0.3, -0.25) is 13.9 Å². The fraction of sp³-hybridized carbons (Fsp3) is 0.600. The van der Waals surface area contributed by atoms with E-state index in [4.69, 9.17) is 31.0 Å². The molecule has 0 saturated carbocycles. The van der Waals surface area contributed by atoms with Crippen LogP contribution in [0.25, 0.3) is 0 Å². The lowest BCUT2D eigenvalue weighted by molar-refractivity contribution is -0.118. The highest BCUT2D eigenvalue weighted by Gasteiger charge is 2.23. The van der Waals surface area contributed by atoms with E-state index < -0.39 is 46.2 Å². The van der Waals surface area contributed by atoms with Crippen LogP contribution in [0, 0.1) is 0 Å². The van der Waals surface area contributed by atoms with Crippen LogP contribution in [-0.2, 0) is 13.9 Å². The maximum atomic E-state index is 10.8. The molecule has 0 aliphatic carbocycles. The summed E-state index contributed by atoms with van der Waals surface area (Å²) < 4.78 is 21.3. The van der Waals surface area contributed by atoms with E-state index in [1.807, 2.05) is 0 Å². The lowest BCUT2D eigenvalue weighted by Gasteiger charge is -2.22. The zero-order chi connectivity index (χ0) is 14.6. The Morgan fingerprint density at radius 1 is 1.11 bits per heavy atom. The van der Waals surface area contributed by atoms with Crippen LogP contribution in [0.15, 0.2) is 4.99 Å². The van der Waals surface area contributed by atoms with Crippen molar-refractivity contribution in [1.29, 1.82) is 0 Å². The third-order valence-corrected chi connectivity index (χ3v) is 2.66. The van der Waals surface area contributed by atoms with E-state index in [1.165, 1.54) is 0 Å². The zero-order valence-electron chi connectivity index (χ0n) is 9.08. The van der Waals surface area contributed by atoms with Crippen LogP contribution >= 0.6 is 15.2 Å². The van der Waals surface area contributed by atoms with Crippen LogP contribution in [0.3, 0.4) is 0 Å². The molecule has 11 nitrogen and oxygen atoms in total. The number of rotatable bonds is 6. The summed E-state index contributed by atoms with van der Waals surface area (Å²) in [5, 5.41) is 0. The van der Waals surface area contributed by atoms with Crippen molar-refractivity contribution in [2.75, 3.05) is 19.1 Å². The Morgan fingerprint density at radius 2 is 1.61 bits per heavy atom. The van der Waals surface area contributed by atoms with Gasteiger partial charge in [-0.2, -0.15) is 0 Å². The molecule has 0 rings (SSSR count). The number of nitrogens with two attached hydrogens (primary N) is 2. The molecule has 0 unspecified atom stereocenters. The normalized spacial score (nSPS) is 13.4. The monoisotopic (exact) mass is 304 g/mol. The number of carbonyl (C=O) groups is 1. The molecule has 0 bridgehead atoms. The zero-order valence-corrected chi connectivity index (χ0v) is 10.9. The molecule has 0 saturated heterocycles. The number of guanidine groups is 1. The summed E-state index contributed by atoms with van der Waals surface area (Å²) in [6, 6.07) is 0. The first kappa shape index (κ1) is 17.0. The quantitative estimate of drug-likeness (QED) is 0.172. The average Bonchev–Trinajstić information content (AvgIpc) is 2.08. The maximum Gasteiger partial charge on any atom is 0.346 e. The van der Waals surface area contributed by atoms with Crippen molar-refractivity contribution in [3.8, 4) is 0 Å². The molecular weight excluding hydrogens is 290 g/mol. The molecule has 106 valence electrons. The highest BCUT2D eigenvalue weighted by atomic mass is 31.2. The van der Waals surface area contributed by atoms with Crippen molar-refractivity contribution in [1.82, 2.24) is 4.90 Å². The van der Waals surface area contributed by atoms with E-state index >= 15 is 0 Å². The second-order valence-electron chi connectivity index (χ2n) is 3.29. The molecule has 0 aromatic carbocycles. The summed E-state index contributed by atoms with van der Waals surface area (Å²) in [6.45, 7) is -0.637. The summed E-state index contributed by atoms with van der Waals surface area (Å²) >= 11 is 0. The minimum atomic E-state index is -4.53. The standard InChI is InChI=1S/C5H14N4O7P2/c6-4(10)1-9(3-18(14,15)16)5(7)8-2-17(11,12)13/h1-3H2,(H2,6,10)(H2,7,8)(H2,11,12,13)(H2,14,15,16). The summed E-state index contributed by atoms with van der Waals surface area (Å²) in [5.41, 5.74) is 10.1. The average molecular weight is 304 g/mol. The molecule has 1 amide bonds. The van der Waals surface area contributed by atoms with Crippen LogP contribution in [0.2, 0.25) is 0 Å². The Balaban J connectivity index is 4.90. The van der Waals surface area contributed by atoms with E-state index in [0.717, 1.165) is 0 Å². The van der Waals surface area contributed by atoms with Gasteiger partial charge in [-0.05, 0) is 0 Å². The van der Waals surface area contributed by atoms with E-state index in [2.05, 4.69) is 4.99 Å². The number of primary amides is 1. The van der Waals surface area contributed by atoms with E-state index in [9.17, 15) is 13.9 Å². The van der Waals surface area contributed by atoms with Crippen molar-refractivity contribution < 1.29 is 33.5 Å². The highest BCUT2D eigenvalue weighted by molar-refractivity contribution is 7.52. The molecule has 18 heavy (non-hydrogen) atoms. The van der Waals surface area contributed by atoms with Gasteiger partial charge in [-0.15, -0.1) is 0 Å². The number of nitrogens with zero attached hydrogens (tertiary/aromatic N) is 2. The van der Waals surface area contributed by atoms with Gasteiger partial charge < -0.3 is 35.9 Å². The molecular formula is C5H14N4O7P2. The fourth-order valence-corrected chi connectivity index (χ4v) is 1.90. The topological polar surface area (TPSA) is 200 Å². The van der Waals surface area contributed by atoms with Crippen molar-refractivity contribution in [2.24, 2.45) is 16.5 Å². The first-order valence-electron chi connectivity index (χ1n) is 4.33. The van der Waals surface area contributed by atoms with Crippen molar-refractivity contribution in [2.45, 2.75) is 0 Å². The Labute approximate surface area is 102 Å². The predicted molar refractivity (Wildman–Crippen MR) is 61.3 cm³/mol. The molecule has 13 heteroatoms. The number of amides is 1. The molecule has 0 radical (unpaired) electrons. The summed E-state index contributed by atoms with van der Waals surface area (Å²) in [5.74, 6) is -1.53. The Hall–Kier alpha value is -0.960. The smallest absolute Gasteiger partial charge is 0.346 e. The lowest BCUT2D eigenvalue weighted by atomic mass is 10.5. The van der Waals surface area contributed by atoms with Crippen molar-refractivity contribution in [3.05, 3.63) is 0 Å². The second kappa shape index (κ2) is 6.28. The Morgan fingerprint density at radius 3 is 1.94 bits per heavy atom. The van der Waals surface area contributed by atoms with Gasteiger partial charge in [-0.1, -0.05) is 0 Å². The Bertz CT molecular complexity index is 426. The second-order valence-corrected chi connectivity index (χ2v) is 6.52. The van der Waals surface area contributed by atoms with E-state index in [1.54, 1.807) is 0 Å².